The van der Waals surface area contributed by atoms with Crippen molar-refractivity contribution in [1.82, 2.24) is 10.3 Å². The molecule has 1 aromatic rings. The monoisotopic (exact) mass is 261 g/mol. The van der Waals surface area contributed by atoms with Crippen molar-refractivity contribution in [1.29, 1.82) is 0 Å². The highest BCUT2D eigenvalue weighted by molar-refractivity contribution is 5.95. The normalized spacial score (nSPS) is 26.7. The van der Waals surface area contributed by atoms with Gasteiger partial charge in [-0.2, -0.15) is 0 Å². The van der Waals surface area contributed by atoms with Gasteiger partial charge in [0.1, 0.15) is 6.61 Å². The predicted molar refractivity (Wildman–Crippen MR) is 72.0 cm³/mol. The summed E-state index contributed by atoms with van der Waals surface area (Å²) in [4.78, 5) is 18.2. The summed E-state index contributed by atoms with van der Waals surface area (Å²) in [5, 5.41) is 3.35. The van der Waals surface area contributed by atoms with Crippen LogP contribution in [0, 0.1) is 0 Å². The first-order valence-corrected chi connectivity index (χ1v) is 6.80. The first-order valence-electron chi connectivity index (χ1n) is 6.80. The van der Waals surface area contributed by atoms with Crippen LogP contribution in [-0.4, -0.2) is 42.2 Å². The largest absolute Gasteiger partial charge is 0.363 e. The molecule has 1 spiro atoms. The number of nitrogens with one attached hydrogen (secondary N) is 1. The molecule has 5 heteroatoms. The SMILES string of the molecule is C[C@@H]1N(c2cccnc2)C(=O)COC12CCNCC2. The second-order valence-corrected chi connectivity index (χ2v) is 5.25. The van der Waals surface area contributed by atoms with E-state index in [2.05, 4.69) is 17.2 Å². The van der Waals surface area contributed by atoms with Gasteiger partial charge in [-0.25, -0.2) is 0 Å². The average molecular weight is 261 g/mol. The number of carbonyl (C=O) groups is 1. The number of aromatic nitrogens is 1. The Hall–Kier alpha value is -1.46. The standard InChI is InChI=1S/C14H19N3O2/c1-11-14(4-7-15-8-5-14)19-10-13(18)17(11)12-3-2-6-16-9-12/h2-3,6,9,11,15H,4-5,7-8,10H2,1H3/t11-/m0/s1. The zero-order chi connectivity index (χ0) is 13.3. The first-order chi connectivity index (χ1) is 9.23. The fourth-order valence-corrected chi connectivity index (χ4v) is 3.12. The van der Waals surface area contributed by atoms with Gasteiger partial charge in [0.15, 0.2) is 0 Å². The van der Waals surface area contributed by atoms with Crippen LogP contribution in [0.4, 0.5) is 5.69 Å². The third-order valence-corrected chi connectivity index (χ3v) is 4.27. The topological polar surface area (TPSA) is 54.5 Å². The number of morpholine rings is 1. The van der Waals surface area contributed by atoms with Crippen LogP contribution in [0.3, 0.4) is 0 Å². The third kappa shape index (κ3) is 2.13. The van der Waals surface area contributed by atoms with Crippen molar-refractivity contribution in [3.63, 3.8) is 0 Å². The van der Waals surface area contributed by atoms with Gasteiger partial charge in [0, 0.05) is 6.20 Å². The van der Waals surface area contributed by atoms with Gasteiger partial charge in [0.25, 0.3) is 5.91 Å². The molecule has 0 unspecified atom stereocenters. The molecule has 0 aromatic carbocycles. The molecular formula is C14H19N3O2. The Morgan fingerprint density at radius 2 is 2.26 bits per heavy atom. The molecule has 3 rings (SSSR count). The zero-order valence-electron chi connectivity index (χ0n) is 11.1. The molecule has 102 valence electrons. The smallest absolute Gasteiger partial charge is 0.253 e. The zero-order valence-corrected chi connectivity index (χ0v) is 11.1. The summed E-state index contributed by atoms with van der Waals surface area (Å²) in [5.74, 6) is 0.0182. The lowest BCUT2D eigenvalue weighted by molar-refractivity contribution is -0.148. The minimum atomic E-state index is -0.213. The van der Waals surface area contributed by atoms with Gasteiger partial charge in [-0.05, 0) is 45.0 Å². The van der Waals surface area contributed by atoms with E-state index in [1.807, 2.05) is 17.0 Å². The number of nitrogens with zero attached hydrogens (tertiary/aromatic N) is 2. The van der Waals surface area contributed by atoms with Crippen molar-refractivity contribution in [2.45, 2.75) is 31.4 Å². The maximum Gasteiger partial charge on any atom is 0.253 e. The van der Waals surface area contributed by atoms with Gasteiger partial charge in [0.05, 0.1) is 23.5 Å². The Balaban J connectivity index is 1.92. The number of piperidine rings is 1. The van der Waals surface area contributed by atoms with Crippen molar-refractivity contribution < 1.29 is 9.53 Å². The maximum atomic E-state index is 12.2. The number of rotatable bonds is 1. The second-order valence-electron chi connectivity index (χ2n) is 5.25. The van der Waals surface area contributed by atoms with Gasteiger partial charge in [-0.15, -0.1) is 0 Å². The molecule has 2 saturated heterocycles. The molecule has 0 saturated carbocycles. The van der Waals surface area contributed by atoms with E-state index in [1.54, 1.807) is 12.4 Å². The molecule has 2 fully saturated rings. The maximum absolute atomic E-state index is 12.2. The Labute approximate surface area is 113 Å². The molecule has 19 heavy (non-hydrogen) atoms. The molecule has 1 aromatic heterocycles. The molecule has 2 aliphatic rings. The van der Waals surface area contributed by atoms with E-state index in [1.165, 1.54) is 0 Å². The van der Waals surface area contributed by atoms with E-state index in [9.17, 15) is 4.79 Å². The van der Waals surface area contributed by atoms with E-state index in [4.69, 9.17) is 4.74 Å². The summed E-state index contributed by atoms with van der Waals surface area (Å²) >= 11 is 0. The highest BCUT2D eigenvalue weighted by atomic mass is 16.5. The summed E-state index contributed by atoms with van der Waals surface area (Å²) in [6.07, 6.45) is 5.35. The van der Waals surface area contributed by atoms with Gasteiger partial charge in [-0.3, -0.25) is 9.78 Å². The fraction of sp³-hybridized carbons (Fsp3) is 0.571. The minimum absolute atomic E-state index is 0.0182. The number of hydrogen-bond donors (Lipinski definition) is 1. The molecule has 0 radical (unpaired) electrons. The van der Waals surface area contributed by atoms with Crippen LogP contribution in [0.1, 0.15) is 19.8 Å². The summed E-state index contributed by atoms with van der Waals surface area (Å²) in [5.41, 5.74) is 0.649. The number of anilines is 1. The van der Waals surface area contributed by atoms with Gasteiger partial charge >= 0.3 is 0 Å². The lowest BCUT2D eigenvalue weighted by atomic mass is 9.83. The van der Waals surface area contributed by atoms with Gasteiger partial charge in [0.2, 0.25) is 0 Å². The second kappa shape index (κ2) is 4.90. The molecule has 1 atom stereocenters. The van der Waals surface area contributed by atoms with Crippen LogP contribution in [0.25, 0.3) is 0 Å². The van der Waals surface area contributed by atoms with Gasteiger partial charge < -0.3 is 15.0 Å². The summed E-state index contributed by atoms with van der Waals surface area (Å²) in [6, 6.07) is 3.83. The minimum Gasteiger partial charge on any atom is -0.363 e. The van der Waals surface area contributed by atoms with Crippen LogP contribution in [0.5, 0.6) is 0 Å². The van der Waals surface area contributed by atoms with E-state index in [0.717, 1.165) is 31.6 Å². The quantitative estimate of drug-likeness (QED) is 0.818. The predicted octanol–water partition coefficient (Wildman–Crippen LogP) is 0.955. The number of hydrogen-bond acceptors (Lipinski definition) is 4. The first kappa shape index (κ1) is 12.6. The number of carbonyl (C=O) groups excluding carboxylic acids is 1. The van der Waals surface area contributed by atoms with Crippen molar-refractivity contribution in [2.75, 3.05) is 24.6 Å². The highest BCUT2D eigenvalue weighted by Gasteiger charge is 2.47. The Bertz CT molecular complexity index is 457. The Morgan fingerprint density at radius 3 is 2.95 bits per heavy atom. The number of amides is 1. The molecule has 0 aliphatic carbocycles. The molecule has 1 amide bonds. The van der Waals surface area contributed by atoms with Crippen molar-refractivity contribution in [2.24, 2.45) is 0 Å². The molecule has 5 nitrogen and oxygen atoms in total. The Kier molecular flexibility index (Phi) is 3.24. The highest BCUT2D eigenvalue weighted by Crippen LogP contribution is 2.35. The number of ether oxygens (including phenoxy) is 1. The summed E-state index contributed by atoms with van der Waals surface area (Å²) in [6.45, 7) is 4.13. The molecule has 2 aliphatic heterocycles. The molecule has 1 N–H and O–H groups in total. The van der Waals surface area contributed by atoms with Crippen molar-refractivity contribution >= 4 is 11.6 Å². The Morgan fingerprint density at radius 1 is 1.47 bits per heavy atom. The van der Waals surface area contributed by atoms with Crippen LogP contribution in [0.15, 0.2) is 24.5 Å². The van der Waals surface area contributed by atoms with Crippen LogP contribution < -0.4 is 10.2 Å². The van der Waals surface area contributed by atoms with Crippen LogP contribution >= 0.6 is 0 Å². The van der Waals surface area contributed by atoms with E-state index in [0.29, 0.717) is 0 Å². The average Bonchev–Trinajstić information content (AvgIpc) is 2.46. The van der Waals surface area contributed by atoms with E-state index >= 15 is 0 Å². The summed E-state index contributed by atoms with van der Waals surface area (Å²) < 4.78 is 5.93. The lowest BCUT2D eigenvalue weighted by Gasteiger charge is -2.49. The lowest BCUT2D eigenvalue weighted by Crippen LogP contribution is -2.64. The number of pyridine rings is 1. The third-order valence-electron chi connectivity index (χ3n) is 4.27. The van der Waals surface area contributed by atoms with E-state index < -0.39 is 0 Å². The molecule has 3 heterocycles. The summed E-state index contributed by atoms with van der Waals surface area (Å²) in [7, 11) is 0. The van der Waals surface area contributed by atoms with Crippen molar-refractivity contribution in [3.8, 4) is 0 Å². The fourth-order valence-electron chi connectivity index (χ4n) is 3.12. The van der Waals surface area contributed by atoms with Crippen molar-refractivity contribution in [3.05, 3.63) is 24.5 Å². The molecular weight excluding hydrogens is 242 g/mol. The van der Waals surface area contributed by atoms with Crippen LogP contribution in [0.2, 0.25) is 0 Å². The van der Waals surface area contributed by atoms with E-state index in [-0.39, 0.29) is 24.2 Å². The van der Waals surface area contributed by atoms with Gasteiger partial charge in [-0.1, -0.05) is 0 Å². The van der Waals surface area contributed by atoms with Crippen LogP contribution in [-0.2, 0) is 9.53 Å². The molecule has 0 bridgehead atoms.